The lowest BCUT2D eigenvalue weighted by Gasteiger charge is -2.03. The van der Waals surface area contributed by atoms with Gasteiger partial charge in [-0.2, -0.15) is 5.10 Å². The first-order chi connectivity index (χ1) is 9.15. The van der Waals surface area contributed by atoms with Crippen molar-refractivity contribution in [3.63, 3.8) is 0 Å². The monoisotopic (exact) mass is 278 g/mol. The molecule has 0 atom stereocenters. The Bertz CT molecular complexity index is 568. The number of rotatable bonds is 6. The summed E-state index contributed by atoms with van der Waals surface area (Å²) in [5, 5.41) is 4.06. The van der Waals surface area contributed by atoms with Gasteiger partial charge in [-0.1, -0.05) is 6.07 Å². The Balaban J connectivity index is 1.77. The second-order valence-corrected chi connectivity index (χ2v) is 5.28. The fraction of sp³-hybridized carbons (Fsp3) is 0.286. The average Bonchev–Trinajstić information content (AvgIpc) is 2.80. The third kappa shape index (κ3) is 4.21. The van der Waals surface area contributed by atoms with Crippen molar-refractivity contribution < 1.29 is 9.18 Å². The molecule has 0 radical (unpaired) electrons. The summed E-state index contributed by atoms with van der Waals surface area (Å²) in [6.07, 6.45) is 2.90. The SMILES string of the molecule is Cn1nccc1CCC(=O)CSc1cccc(F)c1. The van der Waals surface area contributed by atoms with Crippen molar-refractivity contribution in [2.45, 2.75) is 17.7 Å². The van der Waals surface area contributed by atoms with Crippen LogP contribution in [0, 0.1) is 5.82 Å². The number of hydrogen-bond donors (Lipinski definition) is 0. The quantitative estimate of drug-likeness (QED) is 0.762. The molecule has 0 aliphatic carbocycles. The van der Waals surface area contributed by atoms with E-state index in [0.717, 1.165) is 10.6 Å². The minimum Gasteiger partial charge on any atom is -0.299 e. The van der Waals surface area contributed by atoms with E-state index >= 15 is 0 Å². The van der Waals surface area contributed by atoms with Crippen LogP contribution >= 0.6 is 11.8 Å². The number of Topliss-reactive ketones (excluding diaryl/α,β-unsaturated/α-hetero) is 1. The molecule has 0 fully saturated rings. The number of thioether (sulfide) groups is 1. The molecule has 1 aromatic carbocycles. The summed E-state index contributed by atoms with van der Waals surface area (Å²) in [4.78, 5) is 12.5. The van der Waals surface area contributed by atoms with Gasteiger partial charge in [-0.3, -0.25) is 9.48 Å². The maximum absolute atomic E-state index is 13.0. The van der Waals surface area contributed by atoms with Gasteiger partial charge in [0.2, 0.25) is 0 Å². The van der Waals surface area contributed by atoms with Gasteiger partial charge in [0, 0.05) is 30.3 Å². The topological polar surface area (TPSA) is 34.9 Å². The van der Waals surface area contributed by atoms with Crippen molar-refractivity contribution in [2.24, 2.45) is 7.05 Å². The minimum absolute atomic E-state index is 0.162. The van der Waals surface area contributed by atoms with E-state index in [9.17, 15) is 9.18 Å². The zero-order valence-electron chi connectivity index (χ0n) is 10.7. The van der Waals surface area contributed by atoms with Crippen molar-refractivity contribution in [3.8, 4) is 0 Å². The molecule has 100 valence electrons. The van der Waals surface area contributed by atoms with E-state index in [1.807, 2.05) is 19.2 Å². The summed E-state index contributed by atoms with van der Waals surface area (Å²) in [5.41, 5.74) is 1.05. The third-order valence-corrected chi connectivity index (χ3v) is 3.83. The molecule has 3 nitrogen and oxygen atoms in total. The Morgan fingerprint density at radius 3 is 2.95 bits per heavy atom. The number of halogens is 1. The number of ketones is 1. The summed E-state index contributed by atoms with van der Waals surface area (Å²) in [6.45, 7) is 0. The van der Waals surface area contributed by atoms with E-state index < -0.39 is 0 Å². The average molecular weight is 278 g/mol. The van der Waals surface area contributed by atoms with E-state index in [1.54, 1.807) is 16.9 Å². The van der Waals surface area contributed by atoms with E-state index in [2.05, 4.69) is 5.10 Å². The highest BCUT2D eigenvalue weighted by Gasteiger charge is 2.06. The van der Waals surface area contributed by atoms with Crippen molar-refractivity contribution in [1.82, 2.24) is 9.78 Å². The van der Waals surface area contributed by atoms with Gasteiger partial charge in [-0.15, -0.1) is 11.8 Å². The molecule has 1 heterocycles. The Labute approximate surface area is 115 Å². The van der Waals surface area contributed by atoms with Crippen LogP contribution in [0.25, 0.3) is 0 Å². The molecule has 0 aliphatic rings. The zero-order chi connectivity index (χ0) is 13.7. The maximum atomic E-state index is 13.0. The summed E-state index contributed by atoms with van der Waals surface area (Å²) in [6, 6.07) is 8.21. The summed E-state index contributed by atoms with van der Waals surface area (Å²) >= 11 is 1.37. The molecule has 0 unspecified atom stereocenters. The highest BCUT2D eigenvalue weighted by atomic mass is 32.2. The van der Waals surface area contributed by atoms with Crippen LogP contribution < -0.4 is 0 Å². The van der Waals surface area contributed by atoms with Gasteiger partial charge in [-0.25, -0.2) is 4.39 Å². The standard InChI is InChI=1S/C14H15FN2OS/c1-17-12(7-8-16-17)5-6-13(18)10-19-14-4-2-3-11(15)9-14/h2-4,7-9H,5-6,10H2,1H3. The molecule has 0 aliphatic heterocycles. The summed E-state index contributed by atoms with van der Waals surface area (Å²) in [5.74, 6) is 0.268. The lowest BCUT2D eigenvalue weighted by atomic mass is 10.2. The largest absolute Gasteiger partial charge is 0.299 e. The van der Waals surface area contributed by atoms with Crippen LogP contribution in [0.3, 0.4) is 0 Å². The van der Waals surface area contributed by atoms with Crippen LogP contribution in [0.5, 0.6) is 0 Å². The molecular weight excluding hydrogens is 263 g/mol. The van der Waals surface area contributed by atoms with E-state index in [1.165, 1.54) is 23.9 Å². The van der Waals surface area contributed by atoms with Gasteiger partial charge >= 0.3 is 0 Å². The highest BCUT2D eigenvalue weighted by Crippen LogP contribution is 2.19. The van der Waals surface area contributed by atoms with Crippen LogP contribution in [0.4, 0.5) is 4.39 Å². The molecule has 0 bridgehead atoms. The number of benzene rings is 1. The molecule has 0 amide bonds. The van der Waals surface area contributed by atoms with Gasteiger partial charge in [-0.05, 0) is 30.7 Å². The number of aromatic nitrogens is 2. The molecule has 5 heteroatoms. The Morgan fingerprint density at radius 1 is 1.42 bits per heavy atom. The highest BCUT2D eigenvalue weighted by molar-refractivity contribution is 8.00. The van der Waals surface area contributed by atoms with Crippen LogP contribution in [0.1, 0.15) is 12.1 Å². The molecule has 1 aromatic heterocycles. The molecule has 0 spiro atoms. The lowest BCUT2D eigenvalue weighted by molar-refractivity contribution is -0.116. The molecular formula is C14H15FN2OS. The lowest BCUT2D eigenvalue weighted by Crippen LogP contribution is -2.06. The van der Waals surface area contributed by atoms with Crippen molar-refractivity contribution in [2.75, 3.05) is 5.75 Å². The Morgan fingerprint density at radius 2 is 2.26 bits per heavy atom. The van der Waals surface area contributed by atoms with E-state index in [-0.39, 0.29) is 11.6 Å². The zero-order valence-corrected chi connectivity index (χ0v) is 11.5. The van der Waals surface area contributed by atoms with Crippen LogP contribution in [0.2, 0.25) is 0 Å². The number of carbonyl (C=O) groups excluding carboxylic acids is 1. The smallest absolute Gasteiger partial charge is 0.143 e. The Kier molecular flexibility index (Phi) is 4.74. The van der Waals surface area contributed by atoms with Crippen molar-refractivity contribution in [3.05, 3.63) is 48.0 Å². The Hall–Kier alpha value is -1.62. The van der Waals surface area contributed by atoms with E-state index in [4.69, 9.17) is 0 Å². The molecule has 0 N–H and O–H groups in total. The van der Waals surface area contributed by atoms with Crippen LogP contribution in [-0.2, 0) is 18.3 Å². The predicted molar refractivity (Wildman–Crippen MR) is 73.7 cm³/mol. The first-order valence-corrected chi connectivity index (χ1v) is 7.00. The maximum Gasteiger partial charge on any atom is 0.143 e. The number of aryl methyl sites for hydroxylation is 2. The molecule has 0 saturated carbocycles. The summed E-state index contributed by atoms with van der Waals surface area (Å²) in [7, 11) is 1.86. The summed E-state index contributed by atoms with van der Waals surface area (Å²) < 4.78 is 14.7. The molecule has 0 saturated heterocycles. The van der Waals surface area contributed by atoms with E-state index in [0.29, 0.717) is 18.6 Å². The normalized spacial score (nSPS) is 10.6. The van der Waals surface area contributed by atoms with Crippen molar-refractivity contribution in [1.29, 1.82) is 0 Å². The van der Waals surface area contributed by atoms with Gasteiger partial charge < -0.3 is 0 Å². The predicted octanol–water partition coefficient (Wildman–Crippen LogP) is 2.85. The van der Waals surface area contributed by atoms with Gasteiger partial charge in [0.25, 0.3) is 0 Å². The van der Waals surface area contributed by atoms with Crippen LogP contribution in [0.15, 0.2) is 41.4 Å². The molecule has 2 rings (SSSR count). The number of nitrogens with zero attached hydrogens (tertiary/aromatic N) is 2. The second kappa shape index (κ2) is 6.52. The molecule has 19 heavy (non-hydrogen) atoms. The third-order valence-electron chi connectivity index (χ3n) is 2.78. The van der Waals surface area contributed by atoms with Crippen molar-refractivity contribution >= 4 is 17.5 Å². The minimum atomic E-state index is -0.271. The number of carbonyl (C=O) groups is 1. The molecule has 2 aromatic rings. The van der Waals surface area contributed by atoms with Gasteiger partial charge in [0.1, 0.15) is 11.6 Å². The fourth-order valence-electron chi connectivity index (χ4n) is 1.71. The number of hydrogen-bond acceptors (Lipinski definition) is 3. The first kappa shape index (κ1) is 13.8. The van der Waals surface area contributed by atoms with Gasteiger partial charge in [0.05, 0.1) is 5.75 Å². The van der Waals surface area contributed by atoms with Crippen LogP contribution in [-0.4, -0.2) is 21.3 Å². The second-order valence-electron chi connectivity index (χ2n) is 4.23. The fourth-order valence-corrected chi connectivity index (χ4v) is 2.55. The van der Waals surface area contributed by atoms with Gasteiger partial charge in [0.15, 0.2) is 0 Å². The first-order valence-electron chi connectivity index (χ1n) is 6.02.